The van der Waals surface area contributed by atoms with E-state index in [0.717, 1.165) is 13.2 Å². The molecule has 0 aromatic carbocycles. The Bertz CT molecular complexity index is 244. The quantitative estimate of drug-likeness (QED) is 0.356. The zero-order chi connectivity index (χ0) is 17.1. The lowest BCUT2D eigenvalue weighted by atomic mass is 10.0. The van der Waals surface area contributed by atoms with Gasteiger partial charge in [0, 0.05) is 0 Å². The van der Waals surface area contributed by atoms with Gasteiger partial charge in [-0.2, -0.15) is 0 Å². The van der Waals surface area contributed by atoms with Gasteiger partial charge < -0.3 is 26.6 Å². The van der Waals surface area contributed by atoms with E-state index in [0.29, 0.717) is 0 Å². The summed E-state index contributed by atoms with van der Waals surface area (Å²) in [4.78, 5) is 1.77. The van der Waals surface area contributed by atoms with Crippen LogP contribution in [0.3, 0.4) is 0 Å². The zero-order valence-electron chi connectivity index (χ0n) is 17.1. The van der Waals surface area contributed by atoms with Crippen molar-refractivity contribution in [2.24, 2.45) is 0 Å². The Kier molecular flexibility index (Phi) is 21.0. The van der Waals surface area contributed by atoms with E-state index in [1.807, 2.05) is 0 Å². The van der Waals surface area contributed by atoms with Crippen molar-refractivity contribution in [2.75, 3.05) is 32.8 Å². The van der Waals surface area contributed by atoms with Gasteiger partial charge in [-0.1, -0.05) is 96.8 Å². The van der Waals surface area contributed by atoms with E-state index in [2.05, 4.69) is 6.92 Å². The van der Waals surface area contributed by atoms with Crippen LogP contribution in [-0.4, -0.2) is 32.8 Å². The predicted octanol–water partition coefficient (Wildman–Crippen LogP) is 2.17. The molecule has 0 unspecified atom stereocenters. The van der Waals surface area contributed by atoms with Crippen LogP contribution >= 0.6 is 0 Å². The molecule has 0 spiro atoms. The van der Waals surface area contributed by atoms with E-state index in [1.165, 1.54) is 122 Å². The predicted molar refractivity (Wildman–Crippen MR) is 106 cm³/mol. The fourth-order valence-corrected chi connectivity index (χ4v) is 3.83. The summed E-state index contributed by atoms with van der Waals surface area (Å²) in [6.07, 6.45) is 23.4. The lowest BCUT2D eigenvalue weighted by molar-refractivity contribution is -0.908. The van der Waals surface area contributed by atoms with Crippen LogP contribution in [0.15, 0.2) is 0 Å². The number of morpholine rings is 1. The SMILES string of the molecule is CCCCCCCCCCCCCCCCCC[NH+]1CCOCC1.[Br-]. The summed E-state index contributed by atoms with van der Waals surface area (Å²) in [6.45, 7) is 8.11. The molecule has 0 amide bonds. The highest BCUT2D eigenvalue weighted by Gasteiger charge is 2.12. The van der Waals surface area contributed by atoms with Gasteiger partial charge in [-0.15, -0.1) is 0 Å². The molecule has 1 heterocycles. The molecule has 0 saturated carbocycles. The molecule has 1 saturated heterocycles. The van der Waals surface area contributed by atoms with Gasteiger partial charge in [0.15, 0.2) is 0 Å². The van der Waals surface area contributed by atoms with E-state index in [9.17, 15) is 0 Å². The molecule has 0 bridgehead atoms. The van der Waals surface area contributed by atoms with Crippen molar-refractivity contribution >= 4 is 0 Å². The molecule has 3 heteroatoms. The maximum Gasteiger partial charge on any atom is 0.101 e. The highest BCUT2D eigenvalue weighted by molar-refractivity contribution is 4.50. The van der Waals surface area contributed by atoms with Gasteiger partial charge in [0.1, 0.15) is 13.1 Å². The molecule has 0 aromatic rings. The second-order valence-electron chi connectivity index (χ2n) is 7.92. The number of halogens is 1. The monoisotopic (exact) mass is 419 g/mol. The Balaban J connectivity index is 0.00000576. The van der Waals surface area contributed by atoms with Crippen LogP contribution in [0.1, 0.15) is 110 Å². The van der Waals surface area contributed by atoms with Crippen LogP contribution in [0.25, 0.3) is 0 Å². The minimum atomic E-state index is 0. The van der Waals surface area contributed by atoms with E-state index in [1.54, 1.807) is 4.90 Å². The molecule has 0 atom stereocenters. The topological polar surface area (TPSA) is 13.7 Å². The Labute approximate surface area is 169 Å². The summed E-state index contributed by atoms with van der Waals surface area (Å²) in [5.74, 6) is 0. The van der Waals surface area contributed by atoms with Gasteiger partial charge >= 0.3 is 0 Å². The van der Waals surface area contributed by atoms with Gasteiger partial charge in [-0.05, 0) is 12.8 Å². The fraction of sp³-hybridized carbons (Fsp3) is 1.00. The molecule has 1 aliphatic heterocycles. The van der Waals surface area contributed by atoms with Crippen LogP contribution in [-0.2, 0) is 4.74 Å². The van der Waals surface area contributed by atoms with Crippen molar-refractivity contribution in [3.8, 4) is 0 Å². The number of nitrogens with one attached hydrogen (secondary N) is 1. The first kappa shape index (κ1) is 25.4. The normalized spacial score (nSPS) is 15.2. The van der Waals surface area contributed by atoms with Gasteiger partial charge in [-0.3, -0.25) is 0 Å². The van der Waals surface area contributed by atoms with Crippen LogP contribution in [0.5, 0.6) is 0 Å². The smallest absolute Gasteiger partial charge is 0.101 e. The van der Waals surface area contributed by atoms with E-state index in [-0.39, 0.29) is 17.0 Å². The summed E-state index contributed by atoms with van der Waals surface area (Å²) in [7, 11) is 0. The first-order chi connectivity index (χ1) is 11.9. The van der Waals surface area contributed by atoms with Crippen molar-refractivity contribution in [3.63, 3.8) is 0 Å². The van der Waals surface area contributed by atoms with Gasteiger partial charge in [-0.25, -0.2) is 0 Å². The molecule has 2 nitrogen and oxygen atoms in total. The van der Waals surface area contributed by atoms with Crippen molar-refractivity contribution in [1.29, 1.82) is 0 Å². The largest absolute Gasteiger partial charge is 1.00 e. The Morgan fingerprint density at radius 3 is 1.32 bits per heavy atom. The van der Waals surface area contributed by atoms with Crippen LogP contribution in [0.2, 0.25) is 0 Å². The summed E-state index contributed by atoms with van der Waals surface area (Å²) in [5.41, 5.74) is 0. The summed E-state index contributed by atoms with van der Waals surface area (Å²) < 4.78 is 5.41. The molecule has 0 aromatic heterocycles. The molecular formula is C22H46BrNO. The van der Waals surface area contributed by atoms with Crippen LogP contribution < -0.4 is 21.9 Å². The van der Waals surface area contributed by atoms with Crippen molar-refractivity contribution < 1.29 is 26.6 Å². The summed E-state index contributed by atoms with van der Waals surface area (Å²) >= 11 is 0. The van der Waals surface area contributed by atoms with Crippen LogP contribution in [0.4, 0.5) is 0 Å². The molecule has 25 heavy (non-hydrogen) atoms. The number of ether oxygens (including phenoxy) is 1. The Morgan fingerprint density at radius 1 is 0.560 bits per heavy atom. The molecule has 1 N–H and O–H groups in total. The summed E-state index contributed by atoms with van der Waals surface area (Å²) in [6, 6.07) is 0. The molecule has 152 valence electrons. The summed E-state index contributed by atoms with van der Waals surface area (Å²) in [5, 5.41) is 0. The maximum atomic E-state index is 5.41. The average Bonchev–Trinajstić information content (AvgIpc) is 2.62. The van der Waals surface area contributed by atoms with E-state index < -0.39 is 0 Å². The number of hydrogen-bond donors (Lipinski definition) is 1. The lowest BCUT2D eigenvalue weighted by Gasteiger charge is -2.23. The third-order valence-electron chi connectivity index (χ3n) is 5.58. The number of hydrogen-bond acceptors (Lipinski definition) is 1. The zero-order valence-corrected chi connectivity index (χ0v) is 18.7. The first-order valence-corrected chi connectivity index (χ1v) is 11.3. The molecule has 1 rings (SSSR count). The number of unbranched alkanes of at least 4 members (excludes halogenated alkanes) is 15. The minimum absolute atomic E-state index is 0. The standard InChI is InChI=1S/C22H45NO.BrH/c1-2-3-4-5-6-7-8-9-10-11-12-13-14-15-16-17-18-23-19-21-24-22-20-23;/h2-22H2,1H3;1H. The third kappa shape index (κ3) is 17.6. The molecule has 0 aliphatic carbocycles. The molecule has 1 aliphatic rings. The number of rotatable bonds is 17. The first-order valence-electron chi connectivity index (χ1n) is 11.3. The molecular weight excluding hydrogens is 374 g/mol. The second-order valence-corrected chi connectivity index (χ2v) is 7.92. The van der Waals surface area contributed by atoms with Crippen LogP contribution in [0, 0.1) is 0 Å². The fourth-order valence-electron chi connectivity index (χ4n) is 3.83. The average molecular weight is 421 g/mol. The van der Waals surface area contributed by atoms with Gasteiger partial charge in [0.05, 0.1) is 19.8 Å². The Hall–Kier alpha value is 0.400. The minimum Gasteiger partial charge on any atom is -1.00 e. The molecule has 0 radical (unpaired) electrons. The molecule has 1 fully saturated rings. The second kappa shape index (κ2) is 20.7. The van der Waals surface area contributed by atoms with Crippen molar-refractivity contribution in [3.05, 3.63) is 0 Å². The van der Waals surface area contributed by atoms with E-state index >= 15 is 0 Å². The highest BCUT2D eigenvalue weighted by Crippen LogP contribution is 2.13. The number of quaternary nitrogens is 1. The van der Waals surface area contributed by atoms with Crippen molar-refractivity contribution in [2.45, 2.75) is 110 Å². The maximum absolute atomic E-state index is 5.41. The Morgan fingerprint density at radius 2 is 0.920 bits per heavy atom. The van der Waals surface area contributed by atoms with E-state index in [4.69, 9.17) is 4.74 Å². The third-order valence-corrected chi connectivity index (χ3v) is 5.58. The van der Waals surface area contributed by atoms with Gasteiger partial charge in [0.25, 0.3) is 0 Å². The van der Waals surface area contributed by atoms with Crippen molar-refractivity contribution in [1.82, 2.24) is 0 Å². The van der Waals surface area contributed by atoms with Gasteiger partial charge in [0.2, 0.25) is 0 Å². The highest BCUT2D eigenvalue weighted by atomic mass is 79.9. The lowest BCUT2D eigenvalue weighted by Crippen LogP contribution is -3.14.